The summed E-state index contributed by atoms with van der Waals surface area (Å²) in [6.07, 6.45) is 5.28. The molecule has 0 amide bonds. The van der Waals surface area contributed by atoms with E-state index in [0.717, 1.165) is 0 Å². The summed E-state index contributed by atoms with van der Waals surface area (Å²) in [6, 6.07) is 0. The molecule has 1 rings (SSSR count). The summed E-state index contributed by atoms with van der Waals surface area (Å²) in [5.74, 6) is 1.59. The van der Waals surface area contributed by atoms with Gasteiger partial charge in [-0.1, -0.05) is 18.2 Å². The summed E-state index contributed by atoms with van der Waals surface area (Å²) in [5.41, 5.74) is 0. The largest absolute Gasteiger partial charge is 0.351 e. The fraction of sp³-hybridized carbons (Fsp3) is 0.308. The van der Waals surface area contributed by atoms with Crippen LogP contribution in [0.5, 0.6) is 0 Å². The summed E-state index contributed by atoms with van der Waals surface area (Å²) in [6.45, 7) is 12.8. The first-order valence-electron chi connectivity index (χ1n) is 5.99. The highest BCUT2D eigenvalue weighted by atomic mass is 15.3. The van der Waals surface area contributed by atoms with E-state index in [1.807, 2.05) is 11.9 Å². The molecule has 0 aliphatic heterocycles. The number of rotatable bonds is 9. The van der Waals surface area contributed by atoms with E-state index in [4.69, 9.17) is 0 Å². The van der Waals surface area contributed by atoms with E-state index in [9.17, 15) is 0 Å². The lowest BCUT2D eigenvalue weighted by molar-refractivity contribution is 0.914. The smallest absolute Gasteiger partial charge is 0.231 e. The van der Waals surface area contributed by atoms with E-state index in [1.54, 1.807) is 18.2 Å². The standard InChI is InChI=1S/C13H20N6/c1-5-8-14-11-16-12(15-9-6-2)18-13(17-11)19(4)10-7-3/h5-7H,1-3,8-10H2,4H3,(H2,14,15,16,17,18). The number of anilines is 3. The summed E-state index contributed by atoms with van der Waals surface area (Å²) in [7, 11) is 1.89. The van der Waals surface area contributed by atoms with Crippen molar-refractivity contribution in [3.63, 3.8) is 0 Å². The number of nitrogens with zero attached hydrogens (tertiary/aromatic N) is 4. The highest BCUT2D eigenvalue weighted by Gasteiger charge is 2.08. The third-order valence-electron chi connectivity index (χ3n) is 2.18. The van der Waals surface area contributed by atoms with Crippen molar-refractivity contribution in [1.82, 2.24) is 15.0 Å². The van der Waals surface area contributed by atoms with Gasteiger partial charge in [0.1, 0.15) is 0 Å². The quantitative estimate of drug-likeness (QED) is 0.659. The molecule has 0 aromatic carbocycles. The van der Waals surface area contributed by atoms with Gasteiger partial charge in [-0.05, 0) is 0 Å². The first-order valence-corrected chi connectivity index (χ1v) is 5.99. The minimum atomic E-state index is 0.507. The number of likely N-dealkylation sites (N-methyl/N-ethyl adjacent to an activating group) is 1. The average Bonchev–Trinajstić information content (AvgIpc) is 2.43. The molecule has 0 saturated carbocycles. The first kappa shape index (κ1) is 14.7. The van der Waals surface area contributed by atoms with Gasteiger partial charge in [0.05, 0.1) is 0 Å². The van der Waals surface area contributed by atoms with Crippen LogP contribution in [0.2, 0.25) is 0 Å². The van der Waals surface area contributed by atoms with E-state index in [1.165, 1.54) is 0 Å². The van der Waals surface area contributed by atoms with Gasteiger partial charge in [-0.25, -0.2) is 0 Å². The van der Waals surface area contributed by atoms with Gasteiger partial charge in [0, 0.05) is 26.7 Å². The molecule has 6 nitrogen and oxygen atoms in total. The maximum atomic E-state index is 4.33. The van der Waals surface area contributed by atoms with Crippen molar-refractivity contribution in [2.45, 2.75) is 0 Å². The molecule has 1 aromatic heterocycles. The van der Waals surface area contributed by atoms with Crippen LogP contribution in [-0.2, 0) is 0 Å². The van der Waals surface area contributed by atoms with Crippen molar-refractivity contribution < 1.29 is 0 Å². The second kappa shape index (κ2) is 7.86. The molecular weight excluding hydrogens is 240 g/mol. The predicted octanol–water partition coefficient (Wildman–Crippen LogP) is 1.69. The van der Waals surface area contributed by atoms with Crippen LogP contribution in [0.1, 0.15) is 0 Å². The molecular formula is C13H20N6. The Balaban J connectivity index is 2.96. The van der Waals surface area contributed by atoms with E-state index >= 15 is 0 Å². The van der Waals surface area contributed by atoms with Crippen LogP contribution >= 0.6 is 0 Å². The van der Waals surface area contributed by atoms with Crippen LogP contribution in [0, 0.1) is 0 Å². The molecule has 6 heteroatoms. The Labute approximate surface area is 114 Å². The van der Waals surface area contributed by atoms with Gasteiger partial charge in [0.15, 0.2) is 0 Å². The molecule has 0 saturated heterocycles. The van der Waals surface area contributed by atoms with E-state index < -0.39 is 0 Å². The molecule has 0 aliphatic rings. The SMILES string of the molecule is C=CCNc1nc(NCC=C)nc(N(C)CC=C)n1. The molecule has 2 N–H and O–H groups in total. The Morgan fingerprint density at radius 3 is 1.89 bits per heavy atom. The molecule has 0 fully saturated rings. The highest BCUT2D eigenvalue weighted by Crippen LogP contribution is 2.12. The minimum absolute atomic E-state index is 0.507. The molecule has 0 radical (unpaired) electrons. The summed E-state index contributed by atoms with van der Waals surface area (Å²) in [4.78, 5) is 14.8. The topological polar surface area (TPSA) is 66.0 Å². The van der Waals surface area contributed by atoms with Gasteiger partial charge >= 0.3 is 0 Å². The highest BCUT2D eigenvalue weighted by molar-refractivity contribution is 5.44. The van der Waals surface area contributed by atoms with Crippen LogP contribution in [0.3, 0.4) is 0 Å². The van der Waals surface area contributed by atoms with E-state index in [-0.39, 0.29) is 0 Å². The van der Waals surface area contributed by atoms with Crippen LogP contribution < -0.4 is 15.5 Å². The Hall–Kier alpha value is -2.37. The van der Waals surface area contributed by atoms with Crippen molar-refractivity contribution in [3.05, 3.63) is 38.0 Å². The Bertz CT molecular complexity index is 413. The summed E-state index contributed by atoms with van der Waals surface area (Å²) < 4.78 is 0. The molecule has 102 valence electrons. The van der Waals surface area contributed by atoms with Crippen molar-refractivity contribution >= 4 is 17.8 Å². The van der Waals surface area contributed by atoms with Crippen LogP contribution in [0.4, 0.5) is 17.8 Å². The normalized spacial score (nSPS) is 9.53. The van der Waals surface area contributed by atoms with Crippen molar-refractivity contribution in [2.24, 2.45) is 0 Å². The second-order valence-corrected chi connectivity index (χ2v) is 3.79. The van der Waals surface area contributed by atoms with Crippen LogP contribution in [-0.4, -0.2) is 41.6 Å². The molecule has 0 unspecified atom stereocenters. The average molecular weight is 260 g/mol. The predicted molar refractivity (Wildman–Crippen MR) is 80.7 cm³/mol. The maximum absolute atomic E-state index is 4.33. The zero-order valence-corrected chi connectivity index (χ0v) is 11.3. The minimum Gasteiger partial charge on any atom is -0.351 e. The molecule has 0 atom stereocenters. The number of hydrogen-bond acceptors (Lipinski definition) is 6. The lowest BCUT2D eigenvalue weighted by atomic mass is 10.5. The zero-order valence-electron chi connectivity index (χ0n) is 11.3. The Morgan fingerprint density at radius 2 is 1.47 bits per heavy atom. The van der Waals surface area contributed by atoms with Crippen LogP contribution in [0.15, 0.2) is 38.0 Å². The van der Waals surface area contributed by atoms with Gasteiger partial charge in [-0.2, -0.15) is 15.0 Å². The number of aromatic nitrogens is 3. The number of nitrogens with one attached hydrogen (secondary N) is 2. The van der Waals surface area contributed by atoms with Gasteiger partial charge < -0.3 is 15.5 Å². The van der Waals surface area contributed by atoms with Gasteiger partial charge in [-0.15, -0.1) is 19.7 Å². The Morgan fingerprint density at radius 1 is 0.947 bits per heavy atom. The maximum Gasteiger partial charge on any atom is 0.231 e. The molecule has 1 heterocycles. The molecule has 0 bridgehead atoms. The van der Waals surface area contributed by atoms with Gasteiger partial charge in [0.2, 0.25) is 17.8 Å². The number of hydrogen-bond donors (Lipinski definition) is 2. The second-order valence-electron chi connectivity index (χ2n) is 3.79. The van der Waals surface area contributed by atoms with Gasteiger partial charge in [0.25, 0.3) is 0 Å². The fourth-order valence-corrected chi connectivity index (χ4v) is 1.30. The fourth-order valence-electron chi connectivity index (χ4n) is 1.30. The van der Waals surface area contributed by atoms with Gasteiger partial charge in [-0.3, -0.25) is 0 Å². The zero-order chi connectivity index (χ0) is 14.1. The molecule has 1 aromatic rings. The molecule has 0 aliphatic carbocycles. The molecule has 19 heavy (non-hydrogen) atoms. The third kappa shape index (κ3) is 4.79. The summed E-state index contributed by atoms with van der Waals surface area (Å²) in [5, 5.41) is 6.10. The molecule has 0 spiro atoms. The first-order chi connectivity index (χ1) is 9.21. The third-order valence-corrected chi connectivity index (χ3v) is 2.18. The lowest BCUT2D eigenvalue weighted by Gasteiger charge is -2.16. The monoisotopic (exact) mass is 260 g/mol. The Kier molecular flexibility index (Phi) is 6.08. The van der Waals surface area contributed by atoms with E-state index in [2.05, 4.69) is 45.3 Å². The lowest BCUT2D eigenvalue weighted by Crippen LogP contribution is -2.21. The van der Waals surface area contributed by atoms with Crippen molar-refractivity contribution in [3.8, 4) is 0 Å². The van der Waals surface area contributed by atoms with Crippen molar-refractivity contribution in [2.75, 3.05) is 42.2 Å². The van der Waals surface area contributed by atoms with E-state index in [0.29, 0.717) is 37.5 Å². The van der Waals surface area contributed by atoms with Crippen molar-refractivity contribution in [1.29, 1.82) is 0 Å². The summed E-state index contributed by atoms with van der Waals surface area (Å²) >= 11 is 0. The van der Waals surface area contributed by atoms with Crippen LogP contribution in [0.25, 0.3) is 0 Å².